The fourth-order valence-electron chi connectivity index (χ4n) is 1.25. The van der Waals surface area contributed by atoms with E-state index in [1.165, 1.54) is 31.6 Å². The number of hydrogen-bond acceptors (Lipinski definition) is 6. The van der Waals surface area contributed by atoms with Gasteiger partial charge in [-0.05, 0) is 12.5 Å². The molecule has 17 heavy (non-hydrogen) atoms. The SMILES string of the molecule is Cc1ncc(CS(C)(=O)=NC#N)cc1[N+](=O)[O-]. The van der Waals surface area contributed by atoms with Gasteiger partial charge in [0.2, 0.25) is 6.19 Å². The van der Waals surface area contributed by atoms with E-state index in [0.29, 0.717) is 11.3 Å². The summed E-state index contributed by atoms with van der Waals surface area (Å²) in [5.74, 6) is -0.0331. The summed E-state index contributed by atoms with van der Waals surface area (Å²) in [4.78, 5) is 14.0. The average Bonchev–Trinajstić information content (AvgIpc) is 2.20. The molecule has 8 heteroatoms. The van der Waals surface area contributed by atoms with Gasteiger partial charge in [0.05, 0.1) is 20.4 Å². The van der Waals surface area contributed by atoms with Crippen LogP contribution in [0.2, 0.25) is 0 Å². The minimum atomic E-state index is -2.69. The zero-order valence-electron chi connectivity index (χ0n) is 9.28. The fourth-order valence-corrected chi connectivity index (χ4v) is 2.27. The fraction of sp³-hybridized carbons (Fsp3) is 0.333. The standard InChI is InChI=1S/C9H10N4O3S/c1-7-9(13(14)15)3-8(4-11-7)5-17(2,16)12-6-10/h3-4H,5H2,1-2H3. The molecule has 1 aromatic rings. The van der Waals surface area contributed by atoms with Gasteiger partial charge in [-0.2, -0.15) is 5.26 Å². The monoisotopic (exact) mass is 254 g/mol. The van der Waals surface area contributed by atoms with Crippen molar-refractivity contribution in [1.29, 1.82) is 5.26 Å². The molecule has 0 aliphatic heterocycles. The van der Waals surface area contributed by atoms with E-state index >= 15 is 0 Å². The number of pyridine rings is 1. The molecular formula is C9H10N4O3S. The third-order valence-corrected chi connectivity index (χ3v) is 3.32. The van der Waals surface area contributed by atoms with Gasteiger partial charge >= 0.3 is 0 Å². The lowest BCUT2D eigenvalue weighted by atomic mass is 10.2. The maximum atomic E-state index is 11.7. The largest absolute Gasteiger partial charge is 0.290 e. The van der Waals surface area contributed by atoms with E-state index in [4.69, 9.17) is 5.26 Å². The average molecular weight is 254 g/mol. The minimum absolute atomic E-state index is 0.0331. The molecule has 0 spiro atoms. The third kappa shape index (κ3) is 3.49. The van der Waals surface area contributed by atoms with Crippen LogP contribution in [0.5, 0.6) is 0 Å². The lowest BCUT2D eigenvalue weighted by Crippen LogP contribution is -2.03. The van der Waals surface area contributed by atoms with Crippen LogP contribution in [0.15, 0.2) is 16.6 Å². The topological polar surface area (TPSA) is 109 Å². The molecule has 1 unspecified atom stereocenters. The number of nitriles is 1. The highest BCUT2D eigenvalue weighted by atomic mass is 32.2. The first-order valence-corrected chi connectivity index (χ1v) is 6.63. The van der Waals surface area contributed by atoms with Crippen LogP contribution in [-0.2, 0) is 15.5 Å². The van der Waals surface area contributed by atoms with E-state index in [1.807, 2.05) is 0 Å². The molecule has 0 radical (unpaired) electrons. The second-order valence-electron chi connectivity index (χ2n) is 3.50. The molecule has 0 saturated heterocycles. The number of nitro groups is 1. The van der Waals surface area contributed by atoms with Crippen molar-refractivity contribution in [1.82, 2.24) is 4.98 Å². The Morgan fingerprint density at radius 3 is 2.88 bits per heavy atom. The van der Waals surface area contributed by atoms with Crippen molar-refractivity contribution in [3.63, 3.8) is 0 Å². The molecule has 0 bridgehead atoms. The molecule has 0 fully saturated rings. The first kappa shape index (κ1) is 13.1. The van der Waals surface area contributed by atoms with E-state index in [2.05, 4.69) is 9.35 Å². The molecule has 7 nitrogen and oxygen atoms in total. The molecule has 1 rings (SSSR count). The smallest absolute Gasteiger partial charge is 0.258 e. The Kier molecular flexibility index (Phi) is 3.75. The quantitative estimate of drug-likeness (QED) is 0.459. The number of hydrogen-bond donors (Lipinski definition) is 0. The van der Waals surface area contributed by atoms with Gasteiger partial charge in [0.1, 0.15) is 5.69 Å². The molecule has 90 valence electrons. The Morgan fingerprint density at radius 1 is 1.71 bits per heavy atom. The van der Waals surface area contributed by atoms with Crippen molar-refractivity contribution in [3.8, 4) is 6.19 Å². The molecule has 0 aromatic carbocycles. The molecule has 0 saturated carbocycles. The van der Waals surface area contributed by atoms with E-state index in [1.54, 1.807) is 0 Å². The molecule has 1 atom stereocenters. The van der Waals surface area contributed by atoms with Gasteiger partial charge in [-0.15, -0.1) is 4.36 Å². The van der Waals surface area contributed by atoms with Gasteiger partial charge in [0.15, 0.2) is 0 Å². The number of aryl methyl sites for hydroxylation is 1. The zero-order valence-corrected chi connectivity index (χ0v) is 10.1. The molecular weight excluding hydrogens is 244 g/mol. The van der Waals surface area contributed by atoms with Crippen LogP contribution in [-0.4, -0.2) is 20.4 Å². The highest BCUT2D eigenvalue weighted by Gasteiger charge is 2.14. The summed E-state index contributed by atoms with van der Waals surface area (Å²) >= 11 is 0. The summed E-state index contributed by atoms with van der Waals surface area (Å²) in [6.45, 7) is 1.52. The second-order valence-corrected chi connectivity index (χ2v) is 5.89. The Balaban J connectivity index is 3.16. The van der Waals surface area contributed by atoms with Crippen molar-refractivity contribution in [2.45, 2.75) is 12.7 Å². The van der Waals surface area contributed by atoms with Gasteiger partial charge in [-0.3, -0.25) is 15.1 Å². The lowest BCUT2D eigenvalue weighted by Gasteiger charge is -2.03. The first-order chi connectivity index (χ1) is 7.85. The van der Waals surface area contributed by atoms with E-state index in [-0.39, 0.29) is 11.4 Å². The highest BCUT2D eigenvalue weighted by Crippen LogP contribution is 2.18. The highest BCUT2D eigenvalue weighted by molar-refractivity contribution is 7.92. The number of rotatable bonds is 3. The Hall–Kier alpha value is -2.01. The second kappa shape index (κ2) is 4.88. The minimum Gasteiger partial charge on any atom is -0.258 e. The van der Waals surface area contributed by atoms with Crippen LogP contribution in [0.4, 0.5) is 5.69 Å². The molecule has 1 heterocycles. The molecule has 0 amide bonds. The zero-order chi connectivity index (χ0) is 13.1. The van der Waals surface area contributed by atoms with E-state index in [0.717, 1.165) is 0 Å². The van der Waals surface area contributed by atoms with Crippen molar-refractivity contribution < 1.29 is 9.13 Å². The first-order valence-electron chi connectivity index (χ1n) is 4.53. The van der Waals surface area contributed by atoms with E-state index in [9.17, 15) is 14.3 Å². The predicted molar refractivity (Wildman–Crippen MR) is 61.4 cm³/mol. The summed E-state index contributed by atoms with van der Waals surface area (Å²) in [6.07, 6.45) is 4.19. The molecule has 0 aliphatic carbocycles. The Morgan fingerprint density at radius 2 is 2.35 bits per heavy atom. The summed E-state index contributed by atoms with van der Waals surface area (Å²) in [7, 11) is -2.69. The van der Waals surface area contributed by atoms with E-state index < -0.39 is 14.7 Å². The summed E-state index contributed by atoms with van der Waals surface area (Å²) in [6, 6.07) is 1.30. The van der Waals surface area contributed by atoms with Crippen molar-refractivity contribution in [2.75, 3.05) is 6.26 Å². The van der Waals surface area contributed by atoms with Crippen LogP contribution in [0.1, 0.15) is 11.3 Å². The molecule has 0 aliphatic rings. The Labute approximate surface area is 98.4 Å². The van der Waals surface area contributed by atoms with Crippen LogP contribution >= 0.6 is 0 Å². The van der Waals surface area contributed by atoms with Gasteiger partial charge in [-0.25, -0.2) is 4.21 Å². The van der Waals surface area contributed by atoms with Gasteiger partial charge in [-0.1, -0.05) is 0 Å². The van der Waals surface area contributed by atoms with Gasteiger partial charge in [0, 0.05) is 18.5 Å². The van der Waals surface area contributed by atoms with Crippen molar-refractivity contribution >= 4 is 15.4 Å². The Bertz CT molecular complexity index is 611. The number of nitrogens with zero attached hydrogens (tertiary/aromatic N) is 4. The third-order valence-electron chi connectivity index (χ3n) is 1.98. The van der Waals surface area contributed by atoms with Crippen molar-refractivity contribution in [3.05, 3.63) is 33.6 Å². The predicted octanol–water partition coefficient (Wildman–Crippen LogP) is 1.38. The normalized spacial score (nSPS) is 13.5. The van der Waals surface area contributed by atoms with Crippen LogP contribution < -0.4 is 0 Å². The molecule has 0 N–H and O–H groups in total. The molecule has 1 aromatic heterocycles. The van der Waals surface area contributed by atoms with Crippen LogP contribution in [0.3, 0.4) is 0 Å². The van der Waals surface area contributed by atoms with Crippen LogP contribution in [0, 0.1) is 28.5 Å². The lowest BCUT2D eigenvalue weighted by molar-refractivity contribution is -0.385. The van der Waals surface area contributed by atoms with Crippen LogP contribution in [0.25, 0.3) is 0 Å². The van der Waals surface area contributed by atoms with Crippen molar-refractivity contribution in [2.24, 2.45) is 4.36 Å². The van der Waals surface area contributed by atoms with Gasteiger partial charge in [0.25, 0.3) is 5.69 Å². The summed E-state index contributed by atoms with van der Waals surface area (Å²) in [5.41, 5.74) is 0.585. The number of aromatic nitrogens is 1. The summed E-state index contributed by atoms with van der Waals surface area (Å²) in [5, 5.41) is 19.0. The maximum absolute atomic E-state index is 11.7. The summed E-state index contributed by atoms with van der Waals surface area (Å²) < 4.78 is 15.0. The van der Waals surface area contributed by atoms with Gasteiger partial charge < -0.3 is 0 Å². The maximum Gasteiger partial charge on any atom is 0.290 e.